The lowest BCUT2D eigenvalue weighted by molar-refractivity contribution is 0.357. The van der Waals surface area contributed by atoms with Crippen LogP contribution in [0.15, 0.2) is 67.3 Å². The van der Waals surface area contributed by atoms with E-state index in [1.807, 2.05) is 43.6 Å². The first-order valence-corrected chi connectivity index (χ1v) is 8.18. The summed E-state index contributed by atoms with van der Waals surface area (Å²) in [6.07, 6.45) is 7.49. The number of nitrogens with zero attached hydrogens (tertiary/aromatic N) is 4. The second-order valence-electron chi connectivity index (χ2n) is 5.75. The fourth-order valence-electron chi connectivity index (χ4n) is 3.20. The van der Waals surface area contributed by atoms with E-state index < -0.39 is 0 Å². The third-order valence-corrected chi connectivity index (χ3v) is 4.77. The Bertz CT molecular complexity index is 846. The highest BCUT2D eigenvalue weighted by Crippen LogP contribution is 2.38. The Morgan fingerprint density at radius 1 is 1.04 bits per heavy atom. The lowest BCUT2D eigenvalue weighted by atomic mass is 10.0. The van der Waals surface area contributed by atoms with Crippen molar-refractivity contribution in [2.75, 3.05) is 7.05 Å². The van der Waals surface area contributed by atoms with Gasteiger partial charge in [0.15, 0.2) is 5.11 Å². The average molecular weight is 335 g/mol. The molecule has 0 aromatic carbocycles. The van der Waals surface area contributed by atoms with Gasteiger partial charge in [-0.1, -0.05) is 6.07 Å². The summed E-state index contributed by atoms with van der Waals surface area (Å²) in [6.45, 7) is 0. The first kappa shape index (κ1) is 14.8. The van der Waals surface area contributed by atoms with E-state index in [2.05, 4.69) is 43.1 Å². The monoisotopic (exact) mass is 335 g/mol. The molecule has 0 spiro atoms. The number of pyridine rings is 2. The molecule has 1 aliphatic rings. The van der Waals surface area contributed by atoms with Crippen molar-refractivity contribution in [3.8, 4) is 5.69 Å². The molecule has 0 aliphatic carbocycles. The van der Waals surface area contributed by atoms with Gasteiger partial charge >= 0.3 is 0 Å². The molecule has 1 aliphatic heterocycles. The average Bonchev–Trinajstić information content (AvgIpc) is 3.22. The first-order chi connectivity index (χ1) is 11.8. The summed E-state index contributed by atoms with van der Waals surface area (Å²) in [4.78, 5) is 10.7. The second-order valence-corrected chi connectivity index (χ2v) is 6.13. The van der Waals surface area contributed by atoms with Crippen molar-refractivity contribution in [3.63, 3.8) is 0 Å². The van der Waals surface area contributed by atoms with Gasteiger partial charge in [-0.3, -0.25) is 9.97 Å². The number of hydrogen-bond donors (Lipinski definition) is 1. The number of hydrogen-bond acceptors (Lipinski definition) is 3. The van der Waals surface area contributed by atoms with Crippen LogP contribution in [-0.2, 0) is 0 Å². The van der Waals surface area contributed by atoms with E-state index in [1.165, 1.54) is 0 Å². The maximum atomic E-state index is 5.50. The van der Waals surface area contributed by atoms with Gasteiger partial charge in [0, 0.05) is 43.2 Å². The maximum absolute atomic E-state index is 5.50. The van der Waals surface area contributed by atoms with Crippen molar-refractivity contribution >= 4 is 17.3 Å². The maximum Gasteiger partial charge on any atom is 0.169 e. The Morgan fingerprint density at radius 2 is 1.88 bits per heavy atom. The van der Waals surface area contributed by atoms with Crippen molar-refractivity contribution in [2.45, 2.75) is 12.1 Å². The Kier molecular flexibility index (Phi) is 3.74. The summed E-state index contributed by atoms with van der Waals surface area (Å²) in [5.41, 5.74) is 3.22. The fourth-order valence-corrected chi connectivity index (χ4v) is 3.44. The van der Waals surface area contributed by atoms with Gasteiger partial charge in [0.1, 0.15) is 0 Å². The second kappa shape index (κ2) is 6.05. The lowest BCUT2D eigenvalue weighted by Crippen LogP contribution is -2.25. The highest BCUT2D eigenvalue weighted by Gasteiger charge is 2.39. The number of likely N-dealkylation sites (N-methyl/N-ethyl adjacent to an activating group) is 1. The van der Waals surface area contributed by atoms with Gasteiger partial charge in [0.2, 0.25) is 0 Å². The number of nitrogens with one attached hydrogen (secondary N) is 1. The van der Waals surface area contributed by atoms with Crippen molar-refractivity contribution in [2.24, 2.45) is 0 Å². The molecule has 4 rings (SSSR count). The van der Waals surface area contributed by atoms with Crippen LogP contribution in [-0.4, -0.2) is 31.6 Å². The van der Waals surface area contributed by atoms with Gasteiger partial charge < -0.3 is 14.8 Å². The highest BCUT2D eigenvalue weighted by molar-refractivity contribution is 7.80. The zero-order valence-electron chi connectivity index (χ0n) is 13.2. The largest absolute Gasteiger partial charge is 0.352 e. The molecule has 0 unspecified atom stereocenters. The zero-order valence-corrected chi connectivity index (χ0v) is 14.0. The van der Waals surface area contributed by atoms with Crippen LogP contribution in [0.4, 0.5) is 0 Å². The molecule has 4 heterocycles. The van der Waals surface area contributed by atoms with Crippen LogP contribution in [0, 0.1) is 0 Å². The normalized spacial score (nSPS) is 20.2. The van der Waals surface area contributed by atoms with Crippen molar-refractivity contribution in [1.29, 1.82) is 0 Å². The van der Waals surface area contributed by atoms with E-state index in [9.17, 15) is 0 Å². The molecule has 0 radical (unpaired) electrons. The van der Waals surface area contributed by atoms with Crippen LogP contribution in [0.2, 0.25) is 0 Å². The Hall–Kier alpha value is -2.73. The molecule has 0 bridgehead atoms. The molecule has 3 aromatic heterocycles. The summed E-state index contributed by atoms with van der Waals surface area (Å²) in [7, 11) is 2.02. The number of rotatable bonds is 3. The van der Waals surface area contributed by atoms with Gasteiger partial charge in [-0.25, -0.2) is 0 Å². The molecule has 1 N–H and O–H groups in total. The van der Waals surface area contributed by atoms with Crippen LogP contribution < -0.4 is 5.32 Å². The van der Waals surface area contributed by atoms with E-state index >= 15 is 0 Å². The number of aromatic nitrogens is 3. The third kappa shape index (κ3) is 2.45. The molecule has 0 amide bonds. The fraction of sp³-hybridized carbons (Fsp3) is 0.167. The van der Waals surface area contributed by atoms with Gasteiger partial charge in [-0.2, -0.15) is 0 Å². The molecule has 24 heavy (non-hydrogen) atoms. The third-order valence-electron chi connectivity index (χ3n) is 4.36. The molecule has 3 aromatic rings. The van der Waals surface area contributed by atoms with Crippen molar-refractivity contribution < 1.29 is 0 Å². The Morgan fingerprint density at radius 3 is 2.62 bits per heavy atom. The van der Waals surface area contributed by atoms with Crippen LogP contribution in [0.3, 0.4) is 0 Å². The summed E-state index contributed by atoms with van der Waals surface area (Å²) in [5.74, 6) is 0. The quantitative estimate of drug-likeness (QED) is 0.746. The lowest BCUT2D eigenvalue weighted by Gasteiger charge is -2.25. The Labute approximate surface area is 146 Å². The zero-order chi connectivity index (χ0) is 16.5. The minimum atomic E-state index is 0.0131. The number of thiocarbonyl (C=S) groups is 1. The van der Waals surface area contributed by atoms with E-state index in [0.717, 1.165) is 22.2 Å². The van der Waals surface area contributed by atoms with Crippen molar-refractivity contribution in [1.82, 2.24) is 24.8 Å². The summed E-state index contributed by atoms with van der Waals surface area (Å²) >= 11 is 5.50. The molecular weight excluding hydrogens is 318 g/mol. The van der Waals surface area contributed by atoms with Crippen LogP contribution >= 0.6 is 12.2 Å². The SMILES string of the molecule is CN1C(=S)N[C@H](c2ccccn2)[C@H]1c1cccn1-c1ccncc1. The highest BCUT2D eigenvalue weighted by atomic mass is 32.1. The first-order valence-electron chi connectivity index (χ1n) is 7.77. The van der Waals surface area contributed by atoms with Crippen LogP contribution in [0.25, 0.3) is 5.69 Å². The van der Waals surface area contributed by atoms with Gasteiger partial charge in [0.05, 0.1) is 17.8 Å². The molecular formula is C18H17N5S. The standard InChI is InChI=1S/C18H17N5S/c1-22-17(16(21-18(22)24)14-5-2-3-9-20-14)15-6-4-12-23(15)13-7-10-19-11-8-13/h2-12,16-17H,1H3,(H,21,24)/t16-,17-/m1/s1. The molecule has 5 nitrogen and oxygen atoms in total. The molecule has 2 atom stereocenters. The van der Waals surface area contributed by atoms with E-state index in [1.54, 1.807) is 12.4 Å². The smallest absolute Gasteiger partial charge is 0.169 e. The molecule has 0 saturated carbocycles. The predicted octanol–water partition coefficient (Wildman–Crippen LogP) is 2.87. The van der Waals surface area contributed by atoms with E-state index in [-0.39, 0.29) is 12.1 Å². The summed E-state index contributed by atoms with van der Waals surface area (Å²) < 4.78 is 2.17. The van der Waals surface area contributed by atoms with Gasteiger partial charge in [-0.05, 0) is 48.6 Å². The molecule has 1 saturated heterocycles. The Balaban J connectivity index is 1.80. The van der Waals surface area contributed by atoms with E-state index in [0.29, 0.717) is 0 Å². The predicted molar refractivity (Wildman–Crippen MR) is 96.8 cm³/mol. The summed E-state index contributed by atoms with van der Waals surface area (Å²) in [6, 6.07) is 14.2. The molecule has 6 heteroatoms. The van der Waals surface area contributed by atoms with E-state index in [4.69, 9.17) is 12.2 Å². The topological polar surface area (TPSA) is 46.0 Å². The van der Waals surface area contributed by atoms with Crippen LogP contribution in [0.1, 0.15) is 23.5 Å². The minimum absolute atomic E-state index is 0.0131. The molecule has 120 valence electrons. The minimum Gasteiger partial charge on any atom is -0.352 e. The van der Waals surface area contributed by atoms with Gasteiger partial charge in [-0.15, -0.1) is 0 Å². The van der Waals surface area contributed by atoms with Crippen LogP contribution in [0.5, 0.6) is 0 Å². The summed E-state index contributed by atoms with van der Waals surface area (Å²) in [5, 5.41) is 4.14. The molecule has 1 fully saturated rings. The van der Waals surface area contributed by atoms with Gasteiger partial charge in [0.25, 0.3) is 0 Å². The van der Waals surface area contributed by atoms with Crippen molar-refractivity contribution in [3.05, 3.63) is 78.6 Å².